The van der Waals surface area contributed by atoms with Crippen molar-refractivity contribution in [3.63, 3.8) is 0 Å². The van der Waals surface area contributed by atoms with E-state index in [1.54, 1.807) is 12.1 Å². The molecule has 7 heteroatoms. The average Bonchev–Trinajstić information content (AvgIpc) is 2.53. The summed E-state index contributed by atoms with van der Waals surface area (Å²) < 4.78 is 0.979. The summed E-state index contributed by atoms with van der Waals surface area (Å²) in [5.41, 5.74) is 1.51. The molecular formula is C16H16BrN3O3. The summed E-state index contributed by atoms with van der Waals surface area (Å²) in [4.78, 5) is 22.2. The van der Waals surface area contributed by atoms with E-state index in [-0.39, 0.29) is 24.2 Å². The van der Waals surface area contributed by atoms with Crippen LogP contribution in [0.15, 0.2) is 53.0 Å². The number of nitro groups is 1. The zero-order valence-corrected chi connectivity index (χ0v) is 14.0. The number of hydrogen-bond donors (Lipinski definition) is 2. The van der Waals surface area contributed by atoms with Gasteiger partial charge in [0, 0.05) is 22.3 Å². The predicted octanol–water partition coefficient (Wildman–Crippen LogP) is 3.65. The van der Waals surface area contributed by atoms with E-state index in [9.17, 15) is 14.9 Å². The lowest BCUT2D eigenvalue weighted by atomic mass is 10.1. The SMILES string of the molecule is CC(NC(=O)CNc1cccc([N+](=O)[O-])c1)c1ccc(Br)cc1. The van der Waals surface area contributed by atoms with Gasteiger partial charge in [0.1, 0.15) is 0 Å². The maximum absolute atomic E-state index is 12.0. The van der Waals surface area contributed by atoms with Crippen LogP contribution < -0.4 is 10.6 Å². The van der Waals surface area contributed by atoms with Crippen LogP contribution in [0.3, 0.4) is 0 Å². The quantitative estimate of drug-likeness (QED) is 0.594. The first-order valence-electron chi connectivity index (χ1n) is 6.99. The second-order valence-electron chi connectivity index (χ2n) is 5.00. The molecule has 0 aliphatic heterocycles. The Bertz CT molecular complexity index is 704. The topological polar surface area (TPSA) is 84.3 Å². The molecule has 120 valence electrons. The molecule has 2 aromatic carbocycles. The predicted molar refractivity (Wildman–Crippen MR) is 92.3 cm³/mol. The third-order valence-corrected chi connectivity index (χ3v) is 3.79. The van der Waals surface area contributed by atoms with E-state index in [0.717, 1.165) is 10.0 Å². The number of halogens is 1. The molecule has 2 N–H and O–H groups in total. The summed E-state index contributed by atoms with van der Waals surface area (Å²) >= 11 is 3.37. The number of carbonyl (C=O) groups is 1. The van der Waals surface area contributed by atoms with Crippen LogP contribution in [0.25, 0.3) is 0 Å². The Kier molecular flexibility index (Phi) is 5.70. The summed E-state index contributed by atoms with van der Waals surface area (Å²) in [6, 6.07) is 13.6. The fraction of sp³-hybridized carbons (Fsp3) is 0.188. The second-order valence-corrected chi connectivity index (χ2v) is 5.92. The largest absolute Gasteiger partial charge is 0.376 e. The first-order chi connectivity index (χ1) is 11.0. The van der Waals surface area contributed by atoms with Gasteiger partial charge in [0.15, 0.2) is 0 Å². The number of non-ortho nitro benzene ring substituents is 1. The molecule has 0 aromatic heterocycles. The van der Waals surface area contributed by atoms with Gasteiger partial charge in [-0.05, 0) is 30.7 Å². The normalized spacial score (nSPS) is 11.6. The number of anilines is 1. The lowest BCUT2D eigenvalue weighted by molar-refractivity contribution is -0.384. The minimum Gasteiger partial charge on any atom is -0.376 e. The van der Waals surface area contributed by atoms with Crippen molar-refractivity contribution in [3.05, 3.63) is 68.7 Å². The molecule has 6 nitrogen and oxygen atoms in total. The van der Waals surface area contributed by atoms with E-state index in [1.807, 2.05) is 31.2 Å². The molecule has 0 saturated carbocycles. The van der Waals surface area contributed by atoms with Crippen molar-refractivity contribution in [2.75, 3.05) is 11.9 Å². The van der Waals surface area contributed by atoms with Gasteiger partial charge in [0.2, 0.25) is 5.91 Å². The highest BCUT2D eigenvalue weighted by atomic mass is 79.9. The first kappa shape index (κ1) is 17.0. The second kappa shape index (κ2) is 7.73. The molecule has 1 amide bonds. The summed E-state index contributed by atoms with van der Waals surface area (Å²) in [5, 5.41) is 16.5. The zero-order valence-electron chi connectivity index (χ0n) is 12.5. The number of hydrogen-bond acceptors (Lipinski definition) is 4. The highest BCUT2D eigenvalue weighted by molar-refractivity contribution is 9.10. The minimum absolute atomic E-state index is 0.0151. The van der Waals surface area contributed by atoms with Crippen molar-refractivity contribution < 1.29 is 9.72 Å². The lowest BCUT2D eigenvalue weighted by Crippen LogP contribution is -2.32. The van der Waals surface area contributed by atoms with E-state index in [1.165, 1.54) is 12.1 Å². The third kappa shape index (κ3) is 5.07. The first-order valence-corrected chi connectivity index (χ1v) is 7.78. The lowest BCUT2D eigenvalue weighted by Gasteiger charge is -2.15. The molecule has 0 spiro atoms. The highest BCUT2D eigenvalue weighted by Gasteiger charge is 2.10. The van der Waals surface area contributed by atoms with E-state index >= 15 is 0 Å². The van der Waals surface area contributed by atoms with Crippen LogP contribution in [-0.2, 0) is 4.79 Å². The Morgan fingerprint density at radius 1 is 1.26 bits per heavy atom. The third-order valence-electron chi connectivity index (χ3n) is 3.26. The average molecular weight is 378 g/mol. The fourth-order valence-electron chi connectivity index (χ4n) is 2.04. The van der Waals surface area contributed by atoms with Gasteiger partial charge in [0.25, 0.3) is 5.69 Å². The summed E-state index contributed by atoms with van der Waals surface area (Å²) in [5.74, 6) is -0.188. The number of nitrogens with zero attached hydrogens (tertiary/aromatic N) is 1. The maximum Gasteiger partial charge on any atom is 0.271 e. The van der Waals surface area contributed by atoms with Gasteiger partial charge in [-0.3, -0.25) is 14.9 Å². The minimum atomic E-state index is -0.471. The molecule has 1 unspecified atom stereocenters. The Morgan fingerprint density at radius 3 is 2.61 bits per heavy atom. The monoisotopic (exact) mass is 377 g/mol. The van der Waals surface area contributed by atoms with Gasteiger partial charge in [0.05, 0.1) is 17.5 Å². The van der Waals surface area contributed by atoms with Crippen molar-refractivity contribution in [3.8, 4) is 0 Å². The standard InChI is InChI=1S/C16H16BrN3O3/c1-11(12-5-7-13(17)8-6-12)19-16(21)10-18-14-3-2-4-15(9-14)20(22)23/h2-9,11,18H,10H2,1H3,(H,19,21). The summed E-state index contributed by atoms with van der Waals surface area (Å²) in [6.45, 7) is 1.94. The number of carbonyl (C=O) groups excluding carboxylic acids is 1. The Morgan fingerprint density at radius 2 is 1.96 bits per heavy atom. The van der Waals surface area contributed by atoms with E-state index in [4.69, 9.17) is 0 Å². The van der Waals surface area contributed by atoms with Crippen LogP contribution in [0.5, 0.6) is 0 Å². The Hall–Kier alpha value is -2.41. The highest BCUT2D eigenvalue weighted by Crippen LogP contribution is 2.18. The summed E-state index contributed by atoms with van der Waals surface area (Å²) in [6.07, 6.45) is 0. The molecule has 2 aromatic rings. The molecule has 23 heavy (non-hydrogen) atoms. The van der Waals surface area contributed by atoms with E-state index in [0.29, 0.717) is 5.69 Å². The molecule has 0 heterocycles. The smallest absolute Gasteiger partial charge is 0.271 e. The Labute approximate surface area is 142 Å². The van der Waals surface area contributed by atoms with Gasteiger partial charge in [-0.15, -0.1) is 0 Å². The van der Waals surface area contributed by atoms with Gasteiger partial charge >= 0.3 is 0 Å². The van der Waals surface area contributed by atoms with Gasteiger partial charge in [-0.2, -0.15) is 0 Å². The number of rotatable bonds is 6. The Balaban J connectivity index is 1.88. The number of amides is 1. The molecule has 0 radical (unpaired) electrons. The van der Waals surface area contributed by atoms with Crippen LogP contribution in [0.2, 0.25) is 0 Å². The van der Waals surface area contributed by atoms with Crippen LogP contribution in [0, 0.1) is 10.1 Å². The summed E-state index contributed by atoms with van der Waals surface area (Å²) in [7, 11) is 0. The number of nitrogens with one attached hydrogen (secondary N) is 2. The molecule has 0 saturated heterocycles. The van der Waals surface area contributed by atoms with Crippen molar-refractivity contribution >= 4 is 33.2 Å². The van der Waals surface area contributed by atoms with Gasteiger partial charge in [-0.25, -0.2) is 0 Å². The molecule has 0 aliphatic carbocycles. The van der Waals surface area contributed by atoms with Crippen molar-refractivity contribution in [2.24, 2.45) is 0 Å². The van der Waals surface area contributed by atoms with Crippen LogP contribution in [0.4, 0.5) is 11.4 Å². The zero-order chi connectivity index (χ0) is 16.8. The molecule has 0 fully saturated rings. The van der Waals surface area contributed by atoms with Crippen molar-refractivity contribution in [1.29, 1.82) is 0 Å². The molecule has 0 bridgehead atoms. The molecule has 0 aliphatic rings. The van der Waals surface area contributed by atoms with E-state index in [2.05, 4.69) is 26.6 Å². The van der Waals surface area contributed by atoms with Crippen molar-refractivity contribution in [2.45, 2.75) is 13.0 Å². The van der Waals surface area contributed by atoms with Crippen LogP contribution in [-0.4, -0.2) is 17.4 Å². The van der Waals surface area contributed by atoms with Crippen LogP contribution in [0.1, 0.15) is 18.5 Å². The molecule has 1 atom stereocenters. The van der Waals surface area contributed by atoms with Gasteiger partial charge < -0.3 is 10.6 Å². The van der Waals surface area contributed by atoms with Crippen LogP contribution >= 0.6 is 15.9 Å². The van der Waals surface area contributed by atoms with Gasteiger partial charge in [-0.1, -0.05) is 34.1 Å². The van der Waals surface area contributed by atoms with E-state index < -0.39 is 4.92 Å². The molecule has 2 rings (SSSR count). The number of benzene rings is 2. The van der Waals surface area contributed by atoms with Crippen molar-refractivity contribution in [1.82, 2.24) is 5.32 Å². The molecular weight excluding hydrogens is 362 g/mol. The maximum atomic E-state index is 12.0. The number of nitro benzene ring substituents is 1. The fourth-order valence-corrected chi connectivity index (χ4v) is 2.30.